The number of carbonyl (C=O) groups is 1. The van der Waals surface area contributed by atoms with Crippen molar-refractivity contribution < 1.29 is 9.53 Å². The summed E-state index contributed by atoms with van der Waals surface area (Å²) in [5, 5.41) is 13.3. The van der Waals surface area contributed by atoms with Crippen LogP contribution in [0.2, 0.25) is 0 Å². The summed E-state index contributed by atoms with van der Waals surface area (Å²) in [5.74, 6) is 1.56. The molecule has 0 N–H and O–H groups in total. The molecule has 3 aromatic rings. The number of carbonyl (C=O) groups excluding carboxylic acids is 1. The van der Waals surface area contributed by atoms with Gasteiger partial charge < -0.3 is 4.74 Å². The lowest BCUT2D eigenvalue weighted by molar-refractivity contribution is 0.0217. The monoisotopic (exact) mass is 417 g/mol. The maximum absolute atomic E-state index is 12.6. The van der Waals surface area contributed by atoms with Crippen molar-refractivity contribution in [3.8, 4) is 0 Å². The van der Waals surface area contributed by atoms with Gasteiger partial charge in [0.25, 0.3) is 0 Å². The van der Waals surface area contributed by atoms with Crippen LogP contribution in [0.15, 0.2) is 34.7 Å². The van der Waals surface area contributed by atoms with E-state index in [9.17, 15) is 4.79 Å². The smallest absolute Gasteiger partial charge is 0.410 e. The van der Waals surface area contributed by atoms with Gasteiger partial charge in [-0.15, -0.1) is 15.3 Å². The van der Waals surface area contributed by atoms with Crippen LogP contribution in [0.1, 0.15) is 51.0 Å². The predicted molar refractivity (Wildman–Crippen MR) is 110 cm³/mol. The summed E-state index contributed by atoms with van der Waals surface area (Å²) >= 11 is 3.21. The van der Waals surface area contributed by atoms with Gasteiger partial charge in [0.05, 0.1) is 6.04 Å². The van der Waals surface area contributed by atoms with Gasteiger partial charge in [-0.25, -0.2) is 4.79 Å². The van der Waals surface area contributed by atoms with Crippen LogP contribution < -0.4 is 0 Å². The lowest BCUT2D eigenvalue weighted by Gasteiger charge is -2.27. The van der Waals surface area contributed by atoms with Crippen LogP contribution in [0.3, 0.4) is 0 Å². The van der Waals surface area contributed by atoms with Crippen molar-refractivity contribution in [1.29, 1.82) is 0 Å². The Morgan fingerprint density at radius 3 is 2.82 bits per heavy atom. The number of rotatable bonds is 4. The molecule has 1 aliphatic rings. The van der Waals surface area contributed by atoms with E-state index in [4.69, 9.17) is 9.84 Å². The van der Waals surface area contributed by atoms with Crippen LogP contribution in [-0.2, 0) is 10.5 Å². The van der Waals surface area contributed by atoms with Crippen molar-refractivity contribution in [2.75, 3.05) is 6.54 Å². The Morgan fingerprint density at radius 2 is 2.07 bits per heavy atom. The lowest BCUT2D eigenvalue weighted by Crippen LogP contribution is -2.37. The molecule has 9 heteroatoms. The molecule has 0 unspecified atom stereocenters. The maximum atomic E-state index is 12.6. The van der Waals surface area contributed by atoms with Crippen LogP contribution in [0.5, 0.6) is 0 Å². The minimum Gasteiger partial charge on any atom is -0.444 e. The van der Waals surface area contributed by atoms with Gasteiger partial charge in [-0.2, -0.15) is 4.52 Å². The zero-order chi connectivity index (χ0) is 19.7. The molecule has 0 spiro atoms. The standard InChI is InChI=1S/C19H23N5O2S2/c1-19(2,3)26-18(25)23-11-7-10-14(23)15-20-21-16-24(15)22-17(28-16)27-12-13-8-5-4-6-9-13/h4-6,8-9,14H,7,10-12H2,1-3H3/t14-/m1/s1. The van der Waals surface area contributed by atoms with E-state index in [1.54, 1.807) is 21.2 Å². The Hall–Kier alpha value is -2.13. The van der Waals surface area contributed by atoms with Gasteiger partial charge in [0.15, 0.2) is 10.2 Å². The molecule has 0 aliphatic carbocycles. The summed E-state index contributed by atoms with van der Waals surface area (Å²) in [6, 6.07) is 10.2. The molecule has 2 aromatic heterocycles. The Kier molecular flexibility index (Phi) is 5.29. The third kappa shape index (κ3) is 4.15. The van der Waals surface area contributed by atoms with Crippen LogP contribution in [-0.4, -0.2) is 43.0 Å². The predicted octanol–water partition coefficient (Wildman–Crippen LogP) is 4.55. The first-order valence-corrected chi connectivity index (χ1v) is 11.1. The van der Waals surface area contributed by atoms with Gasteiger partial charge in [0, 0.05) is 12.3 Å². The second-order valence-electron chi connectivity index (χ2n) is 7.73. The Balaban J connectivity index is 1.52. The molecule has 1 fully saturated rings. The minimum absolute atomic E-state index is 0.154. The number of aromatic nitrogens is 4. The Bertz CT molecular complexity index is 964. The minimum atomic E-state index is -0.522. The number of nitrogens with zero attached hydrogens (tertiary/aromatic N) is 5. The number of hydrogen-bond donors (Lipinski definition) is 0. The van der Waals surface area contributed by atoms with Crippen molar-refractivity contribution >= 4 is 34.2 Å². The van der Waals surface area contributed by atoms with Gasteiger partial charge in [-0.3, -0.25) is 4.90 Å². The van der Waals surface area contributed by atoms with E-state index in [0.717, 1.165) is 27.9 Å². The third-order valence-corrected chi connectivity index (χ3v) is 6.48. The summed E-state index contributed by atoms with van der Waals surface area (Å²) in [6.45, 7) is 6.29. The zero-order valence-electron chi connectivity index (χ0n) is 16.2. The first-order chi connectivity index (χ1) is 13.4. The van der Waals surface area contributed by atoms with Crippen molar-refractivity contribution in [3.63, 3.8) is 0 Å². The largest absolute Gasteiger partial charge is 0.444 e. The van der Waals surface area contributed by atoms with Crippen molar-refractivity contribution in [2.24, 2.45) is 0 Å². The summed E-state index contributed by atoms with van der Waals surface area (Å²) in [6.07, 6.45) is 1.45. The van der Waals surface area contributed by atoms with Gasteiger partial charge >= 0.3 is 6.09 Å². The molecular formula is C19H23N5O2S2. The number of ether oxygens (including phenoxy) is 1. The first-order valence-electron chi connectivity index (χ1n) is 9.29. The molecule has 1 aliphatic heterocycles. The van der Waals surface area contributed by atoms with Crippen molar-refractivity contribution in [3.05, 3.63) is 41.7 Å². The number of fused-ring (bicyclic) bond motifs is 1. The molecule has 0 bridgehead atoms. The highest BCUT2D eigenvalue weighted by atomic mass is 32.2. The second kappa shape index (κ2) is 7.71. The van der Waals surface area contributed by atoms with E-state index in [0.29, 0.717) is 12.4 Å². The van der Waals surface area contributed by atoms with Crippen LogP contribution in [0.4, 0.5) is 4.79 Å². The highest BCUT2D eigenvalue weighted by Crippen LogP contribution is 2.34. The summed E-state index contributed by atoms with van der Waals surface area (Å²) < 4.78 is 8.29. The Labute approximate surface area is 172 Å². The van der Waals surface area contributed by atoms with E-state index < -0.39 is 5.60 Å². The molecule has 3 heterocycles. The van der Waals surface area contributed by atoms with Gasteiger partial charge in [0.1, 0.15) is 5.60 Å². The van der Waals surface area contributed by atoms with Crippen molar-refractivity contribution in [1.82, 2.24) is 24.7 Å². The quantitative estimate of drug-likeness (QED) is 0.580. The maximum Gasteiger partial charge on any atom is 0.410 e. The number of hydrogen-bond acceptors (Lipinski definition) is 7. The summed E-state index contributed by atoms with van der Waals surface area (Å²) in [4.78, 5) is 15.1. The molecule has 4 rings (SSSR count). The van der Waals surface area contributed by atoms with E-state index in [1.807, 2.05) is 39.0 Å². The molecule has 1 atom stereocenters. The highest BCUT2D eigenvalue weighted by Gasteiger charge is 2.36. The third-order valence-electron chi connectivity index (χ3n) is 4.38. The molecule has 1 amide bonds. The summed E-state index contributed by atoms with van der Waals surface area (Å²) in [5.41, 5.74) is 0.734. The number of thioether (sulfide) groups is 1. The second-order valence-corrected chi connectivity index (χ2v) is 9.91. The van der Waals surface area contributed by atoms with Crippen LogP contribution in [0.25, 0.3) is 4.96 Å². The van der Waals surface area contributed by atoms with E-state index >= 15 is 0 Å². The first kappa shape index (κ1) is 19.2. The van der Waals surface area contributed by atoms with Gasteiger partial charge in [0.2, 0.25) is 4.96 Å². The molecule has 1 saturated heterocycles. The molecular weight excluding hydrogens is 394 g/mol. The van der Waals surface area contributed by atoms with E-state index in [-0.39, 0.29) is 12.1 Å². The molecule has 28 heavy (non-hydrogen) atoms. The normalized spacial score (nSPS) is 17.4. The SMILES string of the molecule is CC(C)(C)OC(=O)N1CCC[C@@H]1c1nnc2sc(SCc3ccccc3)nn12. The zero-order valence-corrected chi connectivity index (χ0v) is 17.8. The van der Waals surface area contributed by atoms with E-state index in [1.165, 1.54) is 16.9 Å². The number of benzene rings is 1. The number of amides is 1. The average Bonchev–Trinajstić information content (AvgIpc) is 3.34. The highest BCUT2D eigenvalue weighted by molar-refractivity contribution is 8.00. The van der Waals surface area contributed by atoms with E-state index in [2.05, 4.69) is 22.3 Å². The molecule has 148 valence electrons. The van der Waals surface area contributed by atoms with Crippen molar-refractivity contribution in [2.45, 2.75) is 55.3 Å². The summed E-state index contributed by atoms with van der Waals surface area (Å²) in [7, 11) is 0. The molecule has 1 aromatic carbocycles. The van der Waals surface area contributed by atoms with Gasteiger partial charge in [-0.05, 0) is 39.2 Å². The lowest BCUT2D eigenvalue weighted by atomic mass is 10.2. The fourth-order valence-corrected chi connectivity index (χ4v) is 5.01. The fraction of sp³-hybridized carbons (Fsp3) is 0.474. The topological polar surface area (TPSA) is 72.6 Å². The molecule has 0 saturated carbocycles. The average molecular weight is 418 g/mol. The van der Waals surface area contributed by atoms with Crippen LogP contribution >= 0.6 is 23.1 Å². The Morgan fingerprint density at radius 1 is 1.29 bits per heavy atom. The molecule has 0 radical (unpaired) electrons. The van der Waals surface area contributed by atoms with Gasteiger partial charge in [-0.1, -0.05) is 53.4 Å². The fourth-order valence-electron chi connectivity index (χ4n) is 3.17. The number of likely N-dealkylation sites (tertiary alicyclic amines) is 1. The molecule has 7 nitrogen and oxygen atoms in total. The van der Waals surface area contributed by atoms with Crippen LogP contribution in [0, 0.1) is 0 Å².